The van der Waals surface area contributed by atoms with Crippen LogP contribution in [0.15, 0.2) is 22.9 Å². The van der Waals surface area contributed by atoms with Gasteiger partial charge in [0.05, 0.1) is 22.9 Å². The summed E-state index contributed by atoms with van der Waals surface area (Å²) in [5.74, 6) is 0. The lowest BCUT2D eigenvalue weighted by Crippen LogP contribution is -2.15. The first-order chi connectivity index (χ1) is 7.86. The van der Waals surface area contributed by atoms with Crippen LogP contribution >= 0.6 is 15.9 Å². The number of hydrogen-bond donors (Lipinski definition) is 1. The second kappa shape index (κ2) is 6.21. The second-order valence-electron chi connectivity index (χ2n) is 4.06. The first-order valence-electron chi connectivity index (χ1n) is 5.81. The highest BCUT2D eigenvalue weighted by Crippen LogP contribution is 2.21. The van der Waals surface area contributed by atoms with Crippen molar-refractivity contribution in [1.82, 2.24) is 4.98 Å². The van der Waals surface area contributed by atoms with Gasteiger partial charge in [-0.15, -0.1) is 0 Å². The Hall–Kier alpha value is -0.610. The van der Waals surface area contributed by atoms with Crippen LogP contribution in [0.3, 0.4) is 0 Å². The highest BCUT2D eigenvalue weighted by atomic mass is 79.9. The predicted molar refractivity (Wildman–Crippen MR) is 68.6 cm³/mol. The normalized spacial score (nSPS) is 16.6. The molecule has 16 heavy (non-hydrogen) atoms. The Bertz CT molecular complexity index is 327. The fraction of sp³-hybridized carbons (Fsp3) is 0.583. The van der Waals surface area contributed by atoms with E-state index < -0.39 is 0 Å². The Morgan fingerprint density at radius 2 is 2.25 bits per heavy atom. The molecule has 0 spiro atoms. The smallest absolute Gasteiger partial charge is 0.0642 e. The van der Waals surface area contributed by atoms with Gasteiger partial charge in [0.1, 0.15) is 0 Å². The maximum Gasteiger partial charge on any atom is 0.0642 e. The number of nitrogens with one attached hydrogen (secondary N) is 1. The third kappa shape index (κ3) is 3.46. The highest BCUT2D eigenvalue weighted by molar-refractivity contribution is 9.10. The standard InChI is InChI=1S/C12H17BrN2O/c13-11-9-14-6-5-12(11)15-7-8-16-10-3-1-2-4-10/h5-6,9-10H,1-4,7-8H2,(H,14,15). The molecule has 0 aromatic carbocycles. The van der Waals surface area contributed by atoms with Crippen LogP contribution in [0.5, 0.6) is 0 Å². The molecular weight excluding hydrogens is 268 g/mol. The second-order valence-corrected chi connectivity index (χ2v) is 4.91. The number of nitrogens with zero attached hydrogens (tertiary/aromatic N) is 1. The number of aromatic nitrogens is 1. The Morgan fingerprint density at radius 3 is 3.00 bits per heavy atom. The minimum atomic E-state index is 0.502. The lowest BCUT2D eigenvalue weighted by Gasteiger charge is -2.12. The molecule has 1 aromatic heterocycles. The molecule has 0 atom stereocenters. The number of anilines is 1. The van der Waals surface area contributed by atoms with E-state index in [2.05, 4.69) is 26.2 Å². The van der Waals surface area contributed by atoms with Gasteiger partial charge in [-0.3, -0.25) is 4.98 Å². The molecule has 1 aliphatic rings. The van der Waals surface area contributed by atoms with E-state index in [4.69, 9.17) is 4.74 Å². The zero-order valence-electron chi connectivity index (χ0n) is 9.29. The summed E-state index contributed by atoms with van der Waals surface area (Å²) < 4.78 is 6.77. The van der Waals surface area contributed by atoms with Crippen molar-refractivity contribution in [3.8, 4) is 0 Å². The molecule has 0 aliphatic heterocycles. The van der Waals surface area contributed by atoms with E-state index in [0.717, 1.165) is 23.3 Å². The van der Waals surface area contributed by atoms with Gasteiger partial charge < -0.3 is 10.1 Å². The summed E-state index contributed by atoms with van der Waals surface area (Å²) in [6.07, 6.45) is 9.20. The quantitative estimate of drug-likeness (QED) is 0.843. The Balaban J connectivity index is 1.66. The minimum absolute atomic E-state index is 0.502. The van der Waals surface area contributed by atoms with Crippen LogP contribution in [-0.2, 0) is 4.74 Å². The minimum Gasteiger partial charge on any atom is -0.382 e. The van der Waals surface area contributed by atoms with E-state index in [-0.39, 0.29) is 0 Å². The highest BCUT2D eigenvalue weighted by Gasteiger charge is 2.14. The third-order valence-corrected chi connectivity index (χ3v) is 3.48. The molecule has 1 saturated carbocycles. The van der Waals surface area contributed by atoms with Crippen LogP contribution in [0.25, 0.3) is 0 Å². The molecule has 2 rings (SSSR count). The Morgan fingerprint density at radius 1 is 1.44 bits per heavy atom. The average Bonchev–Trinajstić information content (AvgIpc) is 2.79. The van der Waals surface area contributed by atoms with Gasteiger partial charge >= 0.3 is 0 Å². The van der Waals surface area contributed by atoms with Crippen molar-refractivity contribution in [1.29, 1.82) is 0 Å². The molecule has 1 aliphatic carbocycles. The van der Waals surface area contributed by atoms with Gasteiger partial charge in [0.15, 0.2) is 0 Å². The van der Waals surface area contributed by atoms with E-state index in [0.29, 0.717) is 6.10 Å². The van der Waals surface area contributed by atoms with Crippen LogP contribution in [0.1, 0.15) is 25.7 Å². The summed E-state index contributed by atoms with van der Waals surface area (Å²) in [6, 6.07) is 1.96. The molecule has 1 fully saturated rings. The van der Waals surface area contributed by atoms with Crippen molar-refractivity contribution in [3.63, 3.8) is 0 Å². The van der Waals surface area contributed by atoms with Crippen molar-refractivity contribution in [2.24, 2.45) is 0 Å². The lowest BCUT2D eigenvalue weighted by molar-refractivity contribution is 0.0659. The summed E-state index contributed by atoms with van der Waals surface area (Å²) in [6.45, 7) is 1.62. The van der Waals surface area contributed by atoms with Gasteiger partial charge in [-0.1, -0.05) is 12.8 Å². The van der Waals surface area contributed by atoms with Gasteiger partial charge in [-0.25, -0.2) is 0 Å². The molecule has 88 valence electrons. The maximum atomic E-state index is 5.77. The molecular formula is C12H17BrN2O. The van der Waals surface area contributed by atoms with E-state index in [1.54, 1.807) is 12.4 Å². The van der Waals surface area contributed by atoms with Crippen LogP contribution in [0.4, 0.5) is 5.69 Å². The first-order valence-corrected chi connectivity index (χ1v) is 6.60. The summed E-state index contributed by atoms with van der Waals surface area (Å²) in [5.41, 5.74) is 1.07. The van der Waals surface area contributed by atoms with Gasteiger partial charge in [-0.2, -0.15) is 0 Å². The molecule has 3 nitrogen and oxygen atoms in total. The Kier molecular flexibility index (Phi) is 4.60. The molecule has 0 amide bonds. The topological polar surface area (TPSA) is 34.2 Å². The Labute approximate surface area is 105 Å². The summed E-state index contributed by atoms with van der Waals surface area (Å²) in [7, 11) is 0. The van der Waals surface area contributed by atoms with Crippen LogP contribution in [-0.4, -0.2) is 24.2 Å². The molecule has 1 aromatic rings. The zero-order chi connectivity index (χ0) is 11.2. The van der Waals surface area contributed by atoms with Crippen molar-refractivity contribution in [2.75, 3.05) is 18.5 Å². The fourth-order valence-corrected chi connectivity index (χ4v) is 2.38. The van der Waals surface area contributed by atoms with Crippen LogP contribution < -0.4 is 5.32 Å². The molecule has 0 radical (unpaired) electrons. The number of hydrogen-bond acceptors (Lipinski definition) is 3. The fourth-order valence-electron chi connectivity index (χ4n) is 1.98. The maximum absolute atomic E-state index is 5.77. The number of pyridine rings is 1. The molecule has 1 N–H and O–H groups in total. The monoisotopic (exact) mass is 284 g/mol. The molecule has 4 heteroatoms. The lowest BCUT2D eigenvalue weighted by atomic mass is 10.3. The van der Waals surface area contributed by atoms with Gasteiger partial charge in [0.2, 0.25) is 0 Å². The van der Waals surface area contributed by atoms with Crippen molar-refractivity contribution in [2.45, 2.75) is 31.8 Å². The number of halogens is 1. The van der Waals surface area contributed by atoms with Crippen molar-refractivity contribution >= 4 is 21.6 Å². The largest absolute Gasteiger partial charge is 0.382 e. The van der Waals surface area contributed by atoms with E-state index in [1.165, 1.54) is 25.7 Å². The molecule has 1 heterocycles. The van der Waals surface area contributed by atoms with Gasteiger partial charge in [-0.05, 0) is 34.8 Å². The summed E-state index contributed by atoms with van der Waals surface area (Å²) in [4.78, 5) is 4.02. The third-order valence-electron chi connectivity index (χ3n) is 2.85. The van der Waals surface area contributed by atoms with E-state index in [9.17, 15) is 0 Å². The SMILES string of the molecule is Brc1cnccc1NCCOC1CCCC1. The molecule has 0 saturated heterocycles. The first kappa shape index (κ1) is 11.9. The van der Waals surface area contributed by atoms with Gasteiger partial charge in [0, 0.05) is 18.9 Å². The summed E-state index contributed by atoms with van der Waals surface area (Å²) >= 11 is 3.45. The number of rotatable bonds is 5. The van der Waals surface area contributed by atoms with E-state index in [1.807, 2.05) is 6.07 Å². The van der Waals surface area contributed by atoms with Gasteiger partial charge in [0.25, 0.3) is 0 Å². The average molecular weight is 285 g/mol. The van der Waals surface area contributed by atoms with E-state index >= 15 is 0 Å². The zero-order valence-corrected chi connectivity index (χ0v) is 10.9. The van der Waals surface area contributed by atoms with Crippen molar-refractivity contribution in [3.05, 3.63) is 22.9 Å². The molecule has 0 bridgehead atoms. The summed E-state index contributed by atoms with van der Waals surface area (Å²) in [5, 5.41) is 3.33. The van der Waals surface area contributed by atoms with Crippen LogP contribution in [0, 0.1) is 0 Å². The predicted octanol–water partition coefficient (Wildman–Crippen LogP) is 3.22. The van der Waals surface area contributed by atoms with Crippen molar-refractivity contribution < 1.29 is 4.74 Å². The number of ether oxygens (including phenoxy) is 1. The molecule has 0 unspecified atom stereocenters. The van der Waals surface area contributed by atoms with Crippen LogP contribution in [0.2, 0.25) is 0 Å².